The van der Waals surface area contributed by atoms with Crippen molar-refractivity contribution in [3.05, 3.63) is 132 Å². The van der Waals surface area contributed by atoms with Crippen LogP contribution in [-0.4, -0.2) is 5.71 Å². The smallest absolute Gasteiger partial charge is 0.157 e. The van der Waals surface area contributed by atoms with Crippen molar-refractivity contribution >= 4 is 17.1 Å². The van der Waals surface area contributed by atoms with Crippen molar-refractivity contribution < 1.29 is 0 Å². The Morgan fingerprint density at radius 2 is 0.941 bits per heavy atom. The van der Waals surface area contributed by atoms with Gasteiger partial charge < -0.3 is 0 Å². The summed E-state index contributed by atoms with van der Waals surface area (Å²) in [4.78, 5) is 0. The van der Waals surface area contributed by atoms with Crippen LogP contribution in [0.2, 0.25) is 0 Å². The number of benzene rings is 5. The van der Waals surface area contributed by atoms with E-state index in [9.17, 15) is 0 Å². The van der Waals surface area contributed by atoms with E-state index in [-0.39, 0.29) is 0 Å². The van der Waals surface area contributed by atoms with Gasteiger partial charge in [-0.25, -0.2) is 0 Å². The van der Waals surface area contributed by atoms with Crippen molar-refractivity contribution in [3.8, 4) is 33.4 Å². The van der Waals surface area contributed by atoms with E-state index in [1.807, 2.05) is 0 Å². The van der Waals surface area contributed by atoms with Crippen LogP contribution in [0.3, 0.4) is 0 Å². The summed E-state index contributed by atoms with van der Waals surface area (Å²) in [6.45, 7) is 4.46. The van der Waals surface area contributed by atoms with E-state index in [0.29, 0.717) is 0 Å². The van der Waals surface area contributed by atoms with Crippen molar-refractivity contribution in [1.82, 2.24) is 4.58 Å². The molecule has 0 fully saturated rings. The van der Waals surface area contributed by atoms with Gasteiger partial charge in [-0.15, -0.1) is 0 Å². The Balaban J connectivity index is 1.82. The van der Waals surface area contributed by atoms with Crippen LogP contribution in [0.1, 0.15) is 18.1 Å². The van der Waals surface area contributed by atoms with E-state index < -0.39 is 0 Å². The van der Waals surface area contributed by atoms with E-state index in [4.69, 9.17) is 0 Å². The molecule has 0 N–H and O–H groups in total. The molecule has 34 heavy (non-hydrogen) atoms. The van der Waals surface area contributed by atoms with Gasteiger partial charge in [-0.3, -0.25) is 0 Å². The highest BCUT2D eigenvalue weighted by atomic mass is 15.0. The monoisotopic (exact) mass is 436 g/mol. The summed E-state index contributed by atoms with van der Waals surface area (Å²) in [7, 11) is 0. The Morgan fingerprint density at radius 3 is 1.68 bits per heavy atom. The molecule has 1 aliphatic rings. The van der Waals surface area contributed by atoms with Crippen LogP contribution >= 0.6 is 0 Å². The van der Waals surface area contributed by atoms with Crippen molar-refractivity contribution in [2.45, 2.75) is 13.8 Å². The van der Waals surface area contributed by atoms with Crippen molar-refractivity contribution in [2.75, 3.05) is 0 Å². The first kappa shape index (κ1) is 20.4. The fourth-order valence-electron chi connectivity index (χ4n) is 5.29. The van der Waals surface area contributed by atoms with Gasteiger partial charge in [-0.05, 0) is 40.8 Å². The normalized spacial score (nSPS) is 12.3. The molecule has 0 aliphatic carbocycles. The molecule has 5 aromatic rings. The maximum absolute atomic E-state index is 2.45. The highest BCUT2D eigenvalue weighted by Crippen LogP contribution is 2.44. The number of rotatable bonds is 2. The van der Waals surface area contributed by atoms with Crippen LogP contribution in [0.5, 0.6) is 0 Å². The Bertz CT molecular complexity index is 1560. The lowest BCUT2D eigenvalue weighted by Gasteiger charge is -2.22. The SMILES string of the molecule is CC1=[N+](c2ccccc2C)c2ccccc2-c2ccccc2-c2cccc(-c3ccccc3)c21. The van der Waals surface area contributed by atoms with Crippen molar-refractivity contribution in [1.29, 1.82) is 0 Å². The highest BCUT2D eigenvalue weighted by Gasteiger charge is 2.31. The standard InChI is InChI=1S/C33H26N/c1-23-13-6-10-21-31(23)34-24(2)33-26(25-14-4-3-5-15-25)19-12-20-30(33)28-17-8-7-16-27(28)29-18-9-11-22-32(29)34/h3-22H,1-2H3/q+1. The first-order chi connectivity index (χ1) is 16.7. The molecule has 0 radical (unpaired) electrons. The molecule has 0 aromatic heterocycles. The largest absolute Gasteiger partial charge is 0.219 e. The second kappa shape index (κ2) is 8.28. The molecular formula is C33H26N+. The Hall–Kier alpha value is -4.23. The molecule has 0 saturated heterocycles. The van der Waals surface area contributed by atoms with Gasteiger partial charge in [0.1, 0.15) is 0 Å². The van der Waals surface area contributed by atoms with E-state index >= 15 is 0 Å². The van der Waals surface area contributed by atoms with E-state index in [1.165, 1.54) is 61.6 Å². The van der Waals surface area contributed by atoms with Crippen LogP contribution in [0, 0.1) is 6.92 Å². The average molecular weight is 437 g/mol. The first-order valence-corrected chi connectivity index (χ1v) is 11.8. The van der Waals surface area contributed by atoms with E-state index in [0.717, 1.165) is 0 Å². The molecule has 1 heteroatoms. The van der Waals surface area contributed by atoms with E-state index in [1.54, 1.807) is 0 Å². The lowest BCUT2D eigenvalue weighted by Crippen LogP contribution is -2.20. The van der Waals surface area contributed by atoms with Gasteiger partial charge in [-0.1, -0.05) is 103 Å². The van der Waals surface area contributed by atoms with Gasteiger partial charge in [0.15, 0.2) is 5.71 Å². The third-order valence-corrected chi connectivity index (χ3v) is 6.86. The molecule has 0 spiro atoms. The van der Waals surface area contributed by atoms with Crippen LogP contribution in [-0.2, 0) is 0 Å². The van der Waals surface area contributed by atoms with Gasteiger partial charge in [0.25, 0.3) is 0 Å². The molecule has 0 atom stereocenters. The number of hydrogen-bond acceptors (Lipinski definition) is 0. The Morgan fingerprint density at radius 1 is 0.412 bits per heavy atom. The summed E-state index contributed by atoms with van der Waals surface area (Å²) < 4.78 is 2.45. The van der Waals surface area contributed by atoms with Gasteiger partial charge in [0, 0.05) is 24.6 Å². The minimum Gasteiger partial charge on any atom is -0.157 e. The van der Waals surface area contributed by atoms with Crippen LogP contribution in [0.25, 0.3) is 33.4 Å². The molecule has 0 saturated carbocycles. The number of hydrogen-bond donors (Lipinski definition) is 0. The van der Waals surface area contributed by atoms with Gasteiger partial charge >= 0.3 is 0 Å². The molecule has 6 rings (SSSR count). The zero-order valence-corrected chi connectivity index (χ0v) is 19.5. The van der Waals surface area contributed by atoms with Crippen LogP contribution in [0.15, 0.2) is 121 Å². The molecular weight excluding hydrogens is 410 g/mol. The molecule has 0 unspecified atom stereocenters. The fourth-order valence-corrected chi connectivity index (χ4v) is 5.29. The van der Waals surface area contributed by atoms with Gasteiger partial charge in [0.2, 0.25) is 11.4 Å². The minimum atomic E-state index is 1.20. The fraction of sp³-hybridized carbons (Fsp3) is 0.0606. The second-order valence-corrected chi connectivity index (χ2v) is 8.86. The summed E-state index contributed by atoms with van der Waals surface area (Å²) in [5.41, 5.74) is 13.7. The number of fused-ring (bicyclic) bond motifs is 5. The maximum atomic E-state index is 2.45. The zero-order chi connectivity index (χ0) is 23.1. The Labute approximate surface area is 201 Å². The lowest BCUT2D eigenvalue weighted by atomic mass is 9.84. The molecule has 1 heterocycles. The second-order valence-electron chi connectivity index (χ2n) is 8.86. The predicted molar refractivity (Wildman–Crippen MR) is 145 cm³/mol. The van der Waals surface area contributed by atoms with Crippen LogP contribution < -0.4 is 4.58 Å². The summed E-state index contributed by atoms with van der Waals surface area (Å²) in [6.07, 6.45) is 0. The zero-order valence-electron chi connectivity index (χ0n) is 19.5. The number of para-hydroxylation sites is 2. The van der Waals surface area contributed by atoms with Gasteiger partial charge in [-0.2, -0.15) is 4.58 Å². The number of nitrogens with zero attached hydrogens (tertiary/aromatic N) is 1. The first-order valence-electron chi connectivity index (χ1n) is 11.8. The third kappa shape index (κ3) is 3.21. The highest BCUT2D eigenvalue weighted by molar-refractivity contribution is 6.15. The quantitative estimate of drug-likeness (QED) is 0.244. The third-order valence-electron chi connectivity index (χ3n) is 6.86. The molecule has 5 aromatic carbocycles. The summed E-state index contributed by atoms with van der Waals surface area (Å²) >= 11 is 0. The lowest BCUT2D eigenvalue weighted by molar-refractivity contribution is 1.06. The van der Waals surface area contributed by atoms with Crippen LogP contribution in [0.4, 0.5) is 11.4 Å². The predicted octanol–water partition coefficient (Wildman–Crippen LogP) is 8.65. The molecule has 1 nitrogen and oxygen atoms in total. The maximum Gasteiger partial charge on any atom is 0.219 e. The summed E-state index contributed by atoms with van der Waals surface area (Å²) in [5.74, 6) is 0. The summed E-state index contributed by atoms with van der Waals surface area (Å²) in [5, 5.41) is 0. The Kier molecular flexibility index (Phi) is 4.96. The van der Waals surface area contributed by atoms with Crippen molar-refractivity contribution in [2.24, 2.45) is 0 Å². The average Bonchev–Trinajstić information content (AvgIpc) is 2.89. The number of aryl methyl sites for hydroxylation is 1. The summed E-state index contributed by atoms with van der Waals surface area (Å²) in [6, 6.07) is 43.7. The molecule has 0 amide bonds. The minimum absolute atomic E-state index is 1.20. The van der Waals surface area contributed by atoms with Gasteiger partial charge in [0.05, 0.1) is 11.1 Å². The van der Waals surface area contributed by atoms with Crippen molar-refractivity contribution in [3.63, 3.8) is 0 Å². The topological polar surface area (TPSA) is 3.01 Å². The molecule has 162 valence electrons. The molecule has 0 bridgehead atoms. The van der Waals surface area contributed by atoms with E-state index in [2.05, 4.69) is 140 Å². The molecule has 1 aliphatic heterocycles.